The summed E-state index contributed by atoms with van der Waals surface area (Å²) in [6.07, 6.45) is 4.83. The van der Waals surface area contributed by atoms with Gasteiger partial charge in [-0.25, -0.2) is 5.43 Å². The van der Waals surface area contributed by atoms with Crippen molar-refractivity contribution >= 4 is 6.21 Å². The van der Waals surface area contributed by atoms with Gasteiger partial charge in [-0.1, -0.05) is 0 Å². The molecule has 50 valence electrons. The molecule has 0 amide bonds. The molecular formula is C6H11N3. The molecule has 2 unspecified atom stereocenters. The van der Waals surface area contributed by atoms with Gasteiger partial charge >= 0.3 is 0 Å². The number of rotatable bonds is 0. The van der Waals surface area contributed by atoms with Crippen LogP contribution in [0.5, 0.6) is 0 Å². The first-order valence-corrected chi connectivity index (χ1v) is 3.47. The van der Waals surface area contributed by atoms with E-state index in [2.05, 4.69) is 15.8 Å². The van der Waals surface area contributed by atoms with Crippen LogP contribution < -0.4 is 10.9 Å². The molecule has 2 aliphatic rings. The summed E-state index contributed by atoms with van der Waals surface area (Å²) in [5, 5.41) is 0. The van der Waals surface area contributed by atoms with Crippen LogP contribution in [0.25, 0.3) is 0 Å². The monoisotopic (exact) mass is 125 g/mol. The zero-order valence-corrected chi connectivity index (χ0v) is 5.30. The Morgan fingerprint density at radius 2 is 2.56 bits per heavy atom. The second-order valence-corrected chi connectivity index (χ2v) is 2.64. The Bertz CT molecular complexity index is 132. The highest BCUT2D eigenvalue weighted by molar-refractivity contribution is 5.58. The third-order valence-electron chi connectivity index (χ3n) is 1.99. The maximum Gasteiger partial charge on any atom is 0.115 e. The minimum atomic E-state index is 0.374. The van der Waals surface area contributed by atoms with E-state index in [1.165, 1.54) is 6.42 Å². The summed E-state index contributed by atoms with van der Waals surface area (Å²) in [7, 11) is 0. The summed E-state index contributed by atoms with van der Waals surface area (Å²) in [4.78, 5) is 4.29. The zero-order valence-electron chi connectivity index (χ0n) is 5.30. The molecule has 0 radical (unpaired) electrons. The molecule has 2 atom stereocenters. The van der Waals surface area contributed by atoms with Gasteiger partial charge in [-0.15, -0.1) is 0 Å². The number of fused-ring (bicyclic) bond motifs is 1. The smallest absolute Gasteiger partial charge is 0.115 e. The average molecular weight is 125 g/mol. The van der Waals surface area contributed by atoms with Crippen molar-refractivity contribution in [2.24, 2.45) is 10.9 Å². The number of nitrogens with one attached hydrogen (secondary N) is 2. The normalized spacial score (nSPS) is 40.9. The fourth-order valence-electron chi connectivity index (χ4n) is 1.42. The van der Waals surface area contributed by atoms with Crippen molar-refractivity contribution in [3.8, 4) is 0 Å². The Labute approximate surface area is 54.5 Å². The van der Waals surface area contributed by atoms with Gasteiger partial charge in [0.1, 0.15) is 6.17 Å². The van der Waals surface area contributed by atoms with Gasteiger partial charge in [0.05, 0.1) is 0 Å². The third kappa shape index (κ3) is 0.862. The van der Waals surface area contributed by atoms with E-state index < -0.39 is 0 Å². The summed E-state index contributed by atoms with van der Waals surface area (Å²) < 4.78 is 0. The van der Waals surface area contributed by atoms with Gasteiger partial charge in [-0.05, 0) is 12.8 Å². The van der Waals surface area contributed by atoms with Crippen LogP contribution in [-0.2, 0) is 0 Å². The third-order valence-corrected chi connectivity index (χ3v) is 1.99. The molecule has 1 saturated heterocycles. The summed E-state index contributed by atoms with van der Waals surface area (Å²) in [6.45, 7) is 1.09. The van der Waals surface area contributed by atoms with Gasteiger partial charge in [0.2, 0.25) is 0 Å². The van der Waals surface area contributed by atoms with Gasteiger partial charge < -0.3 is 0 Å². The van der Waals surface area contributed by atoms with E-state index >= 15 is 0 Å². The Hall–Kier alpha value is -0.410. The van der Waals surface area contributed by atoms with E-state index in [4.69, 9.17) is 0 Å². The molecule has 0 bridgehead atoms. The van der Waals surface area contributed by atoms with Crippen LogP contribution in [0.4, 0.5) is 0 Å². The number of aliphatic imine (C=N–C) groups is 1. The molecule has 2 heterocycles. The Balaban J connectivity index is 2.10. The zero-order chi connectivity index (χ0) is 6.10. The van der Waals surface area contributed by atoms with Crippen molar-refractivity contribution in [2.45, 2.75) is 19.0 Å². The molecule has 0 spiro atoms. The van der Waals surface area contributed by atoms with Crippen LogP contribution in [0.15, 0.2) is 4.99 Å². The van der Waals surface area contributed by atoms with Gasteiger partial charge in [-0.2, -0.15) is 0 Å². The number of hydrogen-bond acceptors (Lipinski definition) is 3. The summed E-state index contributed by atoms with van der Waals surface area (Å²) in [6, 6.07) is 0. The molecule has 0 aromatic carbocycles. The molecular weight excluding hydrogens is 114 g/mol. The van der Waals surface area contributed by atoms with Crippen LogP contribution >= 0.6 is 0 Å². The van der Waals surface area contributed by atoms with E-state index in [0.717, 1.165) is 18.9 Å². The largest absolute Gasteiger partial charge is 0.277 e. The van der Waals surface area contributed by atoms with Gasteiger partial charge in [-0.3, -0.25) is 10.4 Å². The van der Waals surface area contributed by atoms with Gasteiger partial charge in [0, 0.05) is 18.7 Å². The molecule has 2 aliphatic heterocycles. The van der Waals surface area contributed by atoms with E-state index in [1.54, 1.807) is 0 Å². The summed E-state index contributed by atoms with van der Waals surface area (Å²) in [5.41, 5.74) is 6.21. The Kier molecular flexibility index (Phi) is 1.24. The first-order chi connectivity index (χ1) is 4.47. The van der Waals surface area contributed by atoms with E-state index in [-0.39, 0.29) is 0 Å². The number of hydrazine groups is 1. The molecule has 3 nitrogen and oxygen atoms in total. The molecule has 3 heteroatoms. The Morgan fingerprint density at radius 3 is 3.44 bits per heavy atom. The van der Waals surface area contributed by atoms with E-state index in [0.29, 0.717) is 6.17 Å². The lowest BCUT2D eigenvalue weighted by Gasteiger charge is -2.16. The second-order valence-electron chi connectivity index (χ2n) is 2.64. The van der Waals surface area contributed by atoms with Gasteiger partial charge in [0.25, 0.3) is 0 Å². The summed E-state index contributed by atoms with van der Waals surface area (Å²) in [5.74, 6) is 0.745. The van der Waals surface area contributed by atoms with Crippen molar-refractivity contribution in [1.29, 1.82) is 0 Å². The maximum atomic E-state index is 4.29. The highest BCUT2D eigenvalue weighted by Crippen LogP contribution is 2.17. The second kappa shape index (κ2) is 2.08. The topological polar surface area (TPSA) is 36.4 Å². The minimum absolute atomic E-state index is 0.374. The van der Waals surface area contributed by atoms with Crippen molar-refractivity contribution < 1.29 is 0 Å². The highest BCUT2D eigenvalue weighted by Gasteiger charge is 2.26. The first kappa shape index (κ1) is 5.38. The molecule has 0 saturated carbocycles. The minimum Gasteiger partial charge on any atom is -0.277 e. The molecule has 9 heavy (non-hydrogen) atoms. The molecule has 1 fully saturated rings. The van der Waals surface area contributed by atoms with E-state index in [9.17, 15) is 0 Å². The standard InChI is InChI=1S/C6H11N3/c1-2-5-4-8-9-6(5)7-3-1/h3,5-6,8-9H,1-2,4H2. The van der Waals surface area contributed by atoms with E-state index in [1.807, 2.05) is 6.21 Å². The van der Waals surface area contributed by atoms with Gasteiger partial charge in [0.15, 0.2) is 0 Å². The fourth-order valence-corrected chi connectivity index (χ4v) is 1.42. The van der Waals surface area contributed by atoms with Crippen molar-refractivity contribution in [1.82, 2.24) is 10.9 Å². The fraction of sp³-hybridized carbons (Fsp3) is 0.833. The SMILES string of the molecule is C1=NC2NNCC2CC1. The molecule has 0 aromatic heterocycles. The molecule has 0 aliphatic carbocycles. The van der Waals surface area contributed by atoms with Crippen LogP contribution in [0, 0.1) is 5.92 Å². The van der Waals surface area contributed by atoms with Crippen LogP contribution in [0.1, 0.15) is 12.8 Å². The first-order valence-electron chi connectivity index (χ1n) is 3.47. The van der Waals surface area contributed by atoms with Crippen LogP contribution in [0.2, 0.25) is 0 Å². The van der Waals surface area contributed by atoms with Crippen molar-refractivity contribution in [2.75, 3.05) is 6.54 Å². The number of hydrogen-bond donors (Lipinski definition) is 2. The van der Waals surface area contributed by atoms with Crippen LogP contribution in [-0.4, -0.2) is 18.9 Å². The molecule has 2 N–H and O–H groups in total. The quantitative estimate of drug-likeness (QED) is 0.474. The molecule has 0 aromatic rings. The lowest BCUT2D eigenvalue weighted by molar-refractivity contribution is 0.438. The lowest BCUT2D eigenvalue weighted by atomic mass is 10.00. The summed E-state index contributed by atoms with van der Waals surface area (Å²) >= 11 is 0. The predicted octanol–water partition coefficient (Wildman–Crippen LogP) is -0.0989. The molecule has 2 rings (SSSR count). The van der Waals surface area contributed by atoms with Crippen molar-refractivity contribution in [3.63, 3.8) is 0 Å². The Morgan fingerprint density at radius 1 is 1.56 bits per heavy atom. The lowest BCUT2D eigenvalue weighted by Crippen LogP contribution is -2.31. The highest BCUT2D eigenvalue weighted by atomic mass is 15.4. The van der Waals surface area contributed by atoms with Crippen LogP contribution in [0.3, 0.4) is 0 Å². The van der Waals surface area contributed by atoms with Crippen molar-refractivity contribution in [3.05, 3.63) is 0 Å². The maximum absolute atomic E-state index is 4.29. The predicted molar refractivity (Wildman–Crippen MR) is 36.1 cm³/mol. The average Bonchev–Trinajstić information content (AvgIpc) is 2.33. The number of nitrogens with zero attached hydrogens (tertiary/aromatic N) is 1.